The number of unbranched alkanes of at least 4 members (excludes halogenated alkanes) is 1. The molecule has 3 nitrogen and oxygen atoms in total. The molecule has 0 saturated heterocycles. The molecule has 19 heavy (non-hydrogen) atoms. The molecular formula is C15H33NO2S. The van der Waals surface area contributed by atoms with E-state index in [4.69, 9.17) is 0 Å². The smallest absolute Gasteiger partial charge is 0.147 e. The summed E-state index contributed by atoms with van der Waals surface area (Å²) in [5, 5.41) is 3.53. The molecule has 0 aromatic rings. The van der Waals surface area contributed by atoms with Crippen LogP contribution in [0.5, 0.6) is 0 Å². The Balaban J connectivity index is 4.43. The van der Waals surface area contributed by atoms with Crippen LogP contribution in [-0.2, 0) is 9.84 Å². The Kier molecular flexibility index (Phi) is 9.71. The maximum Gasteiger partial charge on any atom is 0.147 e. The largest absolute Gasteiger partial charge is 0.316 e. The van der Waals surface area contributed by atoms with Gasteiger partial charge in [-0.25, -0.2) is 8.42 Å². The van der Waals surface area contributed by atoms with E-state index in [1.807, 2.05) is 0 Å². The lowest BCUT2D eigenvalue weighted by atomic mass is 9.76. The Labute approximate surface area is 120 Å². The minimum atomic E-state index is -2.82. The lowest BCUT2D eigenvalue weighted by Gasteiger charge is -2.33. The highest BCUT2D eigenvalue weighted by molar-refractivity contribution is 7.90. The van der Waals surface area contributed by atoms with E-state index in [1.165, 1.54) is 25.5 Å². The first kappa shape index (κ1) is 18.9. The Morgan fingerprint density at radius 2 is 1.63 bits per heavy atom. The average molecular weight is 292 g/mol. The number of nitrogens with one attached hydrogen (secondary N) is 1. The molecule has 4 heteroatoms. The Morgan fingerprint density at radius 3 is 2.11 bits per heavy atom. The van der Waals surface area contributed by atoms with Gasteiger partial charge in [-0.2, -0.15) is 0 Å². The van der Waals surface area contributed by atoms with Gasteiger partial charge in [0.1, 0.15) is 9.84 Å². The van der Waals surface area contributed by atoms with Crippen LogP contribution in [-0.4, -0.2) is 33.5 Å². The fourth-order valence-electron chi connectivity index (χ4n) is 2.57. The summed E-state index contributed by atoms with van der Waals surface area (Å²) in [6.45, 7) is 8.72. The minimum Gasteiger partial charge on any atom is -0.316 e. The van der Waals surface area contributed by atoms with Crippen LogP contribution >= 0.6 is 0 Å². The fourth-order valence-corrected chi connectivity index (χ4v) is 3.24. The van der Waals surface area contributed by atoms with Crippen molar-refractivity contribution in [1.82, 2.24) is 5.32 Å². The topological polar surface area (TPSA) is 46.2 Å². The van der Waals surface area contributed by atoms with Crippen LogP contribution in [0.25, 0.3) is 0 Å². The molecule has 1 unspecified atom stereocenters. The van der Waals surface area contributed by atoms with Crippen LogP contribution < -0.4 is 5.32 Å². The molecule has 0 fully saturated rings. The third-order valence-corrected chi connectivity index (χ3v) is 4.99. The van der Waals surface area contributed by atoms with E-state index in [2.05, 4.69) is 26.1 Å². The van der Waals surface area contributed by atoms with Gasteiger partial charge in [-0.3, -0.25) is 0 Å². The molecular weight excluding hydrogens is 258 g/mol. The van der Waals surface area contributed by atoms with Crippen molar-refractivity contribution < 1.29 is 8.42 Å². The molecule has 0 heterocycles. The van der Waals surface area contributed by atoms with Crippen molar-refractivity contribution in [3.63, 3.8) is 0 Å². The van der Waals surface area contributed by atoms with E-state index in [-0.39, 0.29) is 5.41 Å². The van der Waals surface area contributed by atoms with Crippen LogP contribution in [0.3, 0.4) is 0 Å². The first-order valence-corrected chi connectivity index (χ1v) is 9.83. The molecule has 0 saturated carbocycles. The third-order valence-electron chi connectivity index (χ3n) is 3.96. The summed E-state index contributed by atoms with van der Waals surface area (Å²) >= 11 is 0. The van der Waals surface area contributed by atoms with Crippen LogP contribution in [0.4, 0.5) is 0 Å². The molecule has 116 valence electrons. The Bertz CT molecular complexity index is 314. The zero-order valence-electron chi connectivity index (χ0n) is 13.3. The summed E-state index contributed by atoms with van der Waals surface area (Å²) in [5.74, 6) is 0.328. The fraction of sp³-hybridized carbons (Fsp3) is 1.00. The summed E-state index contributed by atoms with van der Waals surface area (Å²) in [6, 6.07) is 0. The van der Waals surface area contributed by atoms with Gasteiger partial charge in [0.15, 0.2) is 0 Å². The predicted octanol–water partition coefficient (Wildman–Crippen LogP) is 3.40. The second kappa shape index (κ2) is 9.76. The van der Waals surface area contributed by atoms with Crippen molar-refractivity contribution in [3.8, 4) is 0 Å². The Hall–Kier alpha value is -0.0900. The third kappa shape index (κ3) is 9.44. The second-order valence-corrected chi connectivity index (χ2v) is 8.13. The van der Waals surface area contributed by atoms with Gasteiger partial charge in [0.2, 0.25) is 0 Å². The maximum absolute atomic E-state index is 11.3. The van der Waals surface area contributed by atoms with Crippen LogP contribution in [0.15, 0.2) is 0 Å². The number of hydrogen-bond donors (Lipinski definition) is 1. The van der Waals surface area contributed by atoms with Crippen molar-refractivity contribution in [1.29, 1.82) is 0 Å². The molecule has 0 aliphatic rings. The van der Waals surface area contributed by atoms with E-state index < -0.39 is 9.84 Å². The van der Waals surface area contributed by atoms with Crippen LogP contribution in [0, 0.1) is 5.41 Å². The normalized spacial score (nSPS) is 15.4. The van der Waals surface area contributed by atoms with E-state index in [1.54, 1.807) is 0 Å². The monoisotopic (exact) mass is 291 g/mol. The zero-order chi connectivity index (χ0) is 14.8. The first-order valence-electron chi connectivity index (χ1n) is 7.77. The van der Waals surface area contributed by atoms with E-state index in [0.29, 0.717) is 5.75 Å². The van der Waals surface area contributed by atoms with Gasteiger partial charge in [0.25, 0.3) is 0 Å². The molecule has 0 bridgehead atoms. The van der Waals surface area contributed by atoms with Gasteiger partial charge in [0, 0.05) is 18.6 Å². The van der Waals surface area contributed by atoms with Crippen molar-refractivity contribution >= 4 is 9.84 Å². The maximum atomic E-state index is 11.3. The van der Waals surface area contributed by atoms with Gasteiger partial charge >= 0.3 is 0 Å². The van der Waals surface area contributed by atoms with Gasteiger partial charge in [-0.1, -0.05) is 33.6 Å². The highest BCUT2D eigenvalue weighted by atomic mass is 32.2. The number of hydrogen-bond acceptors (Lipinski definition) is 3. The Morgan fingerprint density at radius 1 is 1.00 bits per heavy atom. The van der Waals surface area contributed by atoms with E-state index >= 15 is 0 Å². The van der Waals surface area contributed by atoms with Gasteiger partial charge in [-0.15, -0.1) is 0 Å². The quantitative estimate of drug-likeness (QED) is 0.561. The number of rotatable bonds is 12. The van der Waals surface area contributed by atoms with Gasteiger partial charge in [-0.05, 0) is 44.1 Å². The molecule has 0 spiro atoms. The molecule has 0 rings (SSSR count). The lowest BCUT2D eigenvalue weighted by Crippen LogP contribution is -2.35. The molecule has 0 radical (unpaired) electrons. The van der Waals surface area contributed by atoms with Crippen molar-refractivity contribution in [2.45, 2.75) is 65.7 Å². The van der Waals surface area contributed by atoms with Gasteiger partial charge < -0.3 is 5.32 Å². The predicted molar refractivity (Wildman–Crippen MR) is 84.4 cm³/mol. The summed E-state index contributed by atoms with van der Waals surface area (Å²) < 4.78 is 22.5. The molecule has 0 aliphatic carbocycles. The lowest BCUT2D eigenvalue weighted by molar-refractivity contribution is 0.210. The van der Waals surface area contributed by atoms with E-state index in [0.717, 1.165) is 38.8 Å². The SMILES string of the molecule is CCCCC(CC)(CCCS(C)(=O)=O)CNCCC. The summed E-state index contributed by atoms with van der Waals surface area (Å²) in [7, 11) is -2.82. The van der Waals surface area contributed by atoms with Crippen molar-refractivity contribution in [2.24, 2.45) is 5.41 Å². The van der Waals surface area contributed by atoms with Gasteiger partial charge in [0.05, 0.1) is 0 Å². The molecule has 0 aromatic heterocycles. The average Bonchev–Trinajstić information content (AvgIpc) is 2.34. The summed E-state index contributed by atoms with van der Waals surface area (Å²) in [4.78, 5) is 0. The van der Waals surface area contributed by atoms with Crippen LogP contribution in [0.2, 0.25) is 0 Å². The summed E-state index contributed by atoms with van der Waals surface area (Å²) in [5.41, 5.74) is 0.288. The highest BCUT2D eigenvalue weighted by Gasteiger charge is 2.27. The van der Waals surface area contributed by atoms with Crippen molar-refractivity contribution in [2.75, 3.05) is 25.1 Å². The number of sulfone groups is 1. The van der Waals surface area contributed by atoms with E-state index in [9.17, 15) is 8.42 Å². The summed E-state index contributed by atoms with van der Waals surface area (Å²) in [6.07, 6.45) is 9.09. The highest BCUT2D eigenvalue weighted by Crippen LogP contribution is 2.33. The molecule has 0 aromatic carbocycles. The van der Waals surface area contributed by atoms with Crippen LogP contribution in [0.1, 0.15) is 65.7 Å². The molecule has 1 N–H and O–H groups in total. The minimum absolute atomic E-state index is 0.288. The standard InChI is InChI=1S/C15H33NO2S/c1-5-8-10-15(7-3,14-16-12-6-2)11-9-13-19(4,17)18/h16H,5-14H2,1-4H3. The second-order valence-electron chi connectivity index (χ2n) is 5.87. The molecule has 0 aliphatic heterocycles. The molecule has 0 amide bonds. The first-order chi connectivity index (χ1) is 8.89. The molecule has 1 atom stereocenters. The van der Waals surface area contributed by atoms with Crippen molar-refractivity contribution in [3.05, 3.63) is 0 Å². The zero-order valence-corrected chi connectivity index (χ0v) is 14.1.